The Balaban J connectivity index is 4.17. The van der Waals surface area contributed by atoms with Gasteiger partial charge in [0.05, 0.1) is 0 Å². The van der Waals surface area contributed by atoms with E-state index in [0.717, 1.165) is 12.0 Å². The van der Waals surface area contributed by atoms with Gasteiger partial charge in [-0.2, -0.15) is 0 Å². The van der Waals surface area contributed by atoms with Crippen molar-refractivity contribution in [2.45, 2.75) is 47.2 Å². The molecule has 0 aliphatic carbocycles. The molecule has 11 heavy (non-hydrogen) atoms. The van der Waals surface area contributed by atoms with Crippen LogP contribution in [0.15, 0.2) is 11.6 Å². The third-order valence-corrected chi connectivity index (χ3v) is 1.82. The third kappa shape index (κ3) is 4.18. The Morgan fingerprint density at radius 2 is 1.91 bits per heavy atom. The monoisotopic (exact) mass is 158 g/mol. The number of hydrogen-bond acceptors (Lipinski definition) is 0. The minimum Gasteiger partial charge on any atom is -0.242 e. The van der Waals surface area contributed by atoms with Crippen LogP contribution in [0.5, 0.6) is 0 Å². The summed E-state index contributed by atoms with van der Waals surface area (Å²) in [6.45, 7) is 9.75. The minimum absolute atomic E-state index is 0.254. The van der Waals surface area contributed by atoms with E-state index in [1.165, 1.54) is 0 Å². The summed E-state index contributed by atoms with van der Waals surface area (Å²) in [4.78, 5) is 0. The van der Waals surface area contributed by atoms with Gasteiger partial charge in [0, 0.05) is 0 Å². The molecule has 0 nitrogen and oxygen atoms in total. The van der Waals surface area contributed by atoms with E-state index in [1.807, 2.05) is 34.6 Å². The van der Waals surface area contributed by atoms with E-state index in [-0.39, 0.29) is 5.41 Å². The quantitative estimate of drug-likeness (QED) is 0.537. The third-order valence-electron chi connectivity index (χ3n) is 1.82. The summed E-state index contributed by atoms with van der Waals surface area (Å²) in [5, 5.41) is 0. The van der Waals surface area contributed by atoms with Crippen molar-refractivity contribution in [1.82, 2.24) is 0 Å². The fraction of sp³-hybridized carbons (Fsp3) is 0.800. The summed E-state index contributed by atoms with van der Waals surface area (Å²) in [6.07, 6.45) is 1.85. The Bertz CT molecular complexity index is 139. The van der Waals surface area contributed by atoms with Crippen LogP contribution in [-0.2, 0) is 0 Å². The maximum absolute atomic E-state index is 13.3. The number of alkyl halides is 1. The van der Waals surface area contributed by atoms with Crippen molar-refractivity contribution in [2.75, 3.05) is 0 Å². The van der Waals surface area contributed by atoms with Crippen molar-refractivity contribution < 1.29 is 4.39 Å². The maximum atomic E-state index is 13.3. The summed E-state index contributed by atoms with van der Waals surface area (Å²) >= 11 is 0. The van der Waals surface area contributed by atoms with E-state index >= 15 is 0 Å². The van der Waals surface area contributed by atoms with Gasteiger partial charge in [-0.1, -0.05) is 39.3 Å². The minimum atomic E-state index is -0.817. The summed E-state index contributed by atoms with van der Waals surface area (Å²) in [5.74, 6) is 0. The molecule has 0 aromatic carbocycles. The molecule has 0 aliphatic rings. The normalized spacial score (nSPS) is 16.7. The van der Waals surface area contributed by atoms with E-state index in [1.54, 1.807) is 6.08 Å². The van der Waals surface area contributed by atoms with E-state index in [2.05, 4.69) is 0 Å². The molecule has 0 aromatic heterocycles. The van der Waals surface area contributed by atoms with Crippen LogP contribution in [-0.4, -0.2) is 6.17 Å². The number of allylic oxidation sites excluding steroid dienone is 2. The lowest BCUT2D eigenvalue weighted by Gasteiger charge is -2.21. The van der Waals surface area contributed by atoms with Gasteiger partial charge in [-0.15, -0.1) is 0 Å². The molecule has 0 fully saturated rings. The first-order valence-corrected chi connectivity index (χ1v) is 4.19. The van der Waals surface area contributed by atoms with Gasteiger partial charge in [0.15, 0.2) is 0 Å². The van der Waals surface area contributed by atoms with Crippen LogP contribution in [0.3, 0.4) is 0 Å². The Morgan fingerprint density at radius 1 is 1.45 bits per heavy atom. The Hall–Kier alpha value is -0.330. The van der Waals surface area contributed by atoms with Crippen LogP contribution in [0.2, 0.25) is 0 Å². The predicted octanol–water partition coefficient (Wildman–Crippen LogP) is 3.73. The Labute approximate surface area is 69.5 Å². The summed E-state index contributed by atoms with van der Waals surface area (Å²) < 4.78 is 13.3. The van der Waals surface area contributed by atoms with E-state index in [0.29, 0.717) is 0 Å². The van der Waals surface area contributed by atoms with Crippen molar-refractivity contribution in [3.63, 3.8) is 0 Å². The van der Waals surface area contributed by atoms with Crippen LogP contribution in [0.4, 0.5) is 4.39 Å². The Kier molecular flexibility index (Phi) is 3.77. The molecule has 0 rings (SSSR count). The maximum Gasteiger partial charge on any atom is 0.123 e. The van der Waals surface area contributed by atoms with E-state index < -0.39 is 6.17 Å². The lowest BCUT2D eigenvalue weighted by molar-refractivity contribution is 0.209. The van der Waals surface area contributed by atoms with Crippen LogP contribution in [0.25, 0.3) is 0 Å². The zero-order valence-corrected chi connectivity index (χ0v) is 8.24. The molecular formula is C10H19F. The average Bonchev–Trinajstić information content (AvgIpc) is 1.85. The molecule has 66 valence electrons. The number of hydrogen-bond donors (Lipinski definition) is 0. The predicted molar refractivity (Wildman–Crippen MR) is 48.4 cm³/mol. The topological polar surface area (TPSA) is 0 Å². The first kappa shape index (κ1) is 10.7. The van der Waals surface area contributed by atoms with Crippen molar-refractivity contribution in [1.29, 1.82) is 0 Å². The molecule has 0 saturated carbocycles. The van der Waals surface area contributed by atoms with Gasteiger partial charge in [-0.3, -0.25) is 0 Å². The molecule has 0 amide bonds. The van der Waals surface area contributed by atoms with Gasteiger partial charge in [0.25, 0.3) is 0 Å². The van der Waals surface area contributed by atoms with E-state index in [9.17, 15) is 4.39 Å². The summed E-state index contributed by atoms with van der Waals surface area (Å²) in [5.41, 5.74) is 0.878. The molecule has 0 radical (unpaired) electrons. The molecule has 0 aliphatic heterocycles. The lowest BCUT2D eigenvalue weighted by atomic mass is 9.89. The largest absolute Gasteiger partial charge is 0.242 e. The smallest absolute Gasteiger partial charge is 0.123 e. The molecule has 1 atom stereocenters. The van der Waals surface area contributed by atoms with Crippen LogP contribution < -0.4 is 0 Å². The number of rotatable bonds is 2. The highest BCUT2D eigenvalue weighted by Gasteiger charge is 2.21. The average molecular weight is 158 g/mol. The SMILES string of the molecule is CC/C(C)=C\C(F)C(C)(C)C. The van der Waals surface area contributed by atoms with Gasteiger partial charge in [-0.25, -0.2) is 4.39 Å². The number of halogens is 1. The molecule has 0 bridgehead atoms. The summed E-state index contributed by atoms with van der Waals surface area (Å²) in [6, 6.07) is 0. The molecule has 1 unspecified atom stereocenters. The van der Waals surface area contributed by atoms with Gasteiger partial charge in [0.2, 0.25) is 0 Å². The standard InChI is InChI=1S/C10H19F/c1-6-8(2)7-9(11)10(3,4)5/h7,9H,6H2,1-5H3/b8-7-. The second-order valence-electron chi connectivity index (χ2n) is 4.13. The molecule has 0 aromatic rings. The second-order valence-corrected chi connectivity index (χ2v) is 4.13. The highest BCUT2D eigenvalue weighted by molar-refractivity contribution is 5.03. The van der Waals surface area contributed by atoms with Gasteiger partial charge in [-0.05, 0) is 18.8 Å². The fourth-order valence-corrected chi connectivity index (χ4v) is 0.618. The molecule has 0 saturated heterocycles. The second kappa shape index (κ2) is 3.89. The summed E-state index contributed by atoms with van der Waals surface area (Å²) in [7, 11) is 0. The van der Waals surface area contributed by atoms with Gasteiger partial charge < -0.3 is 0 Å². The molecule has 0 N–H and O–H groups in total. The molecule has 0 spiro atoms. The van der Waals surface area contributed by atoms with Crippen molar-refractivity contribution in [3.05, 3.63) is 11.6 Å². The van der Waals surface area contributed by atoms with Gasteiger partial charge >= 0.3 is 0 Å². The van der Waals surface area contributed by atoms with Crippen LogP contribution in [0, 0.1) is 5.41 Å². The van der Waals surface area contributed by atoms with Crippen molar-refractivity contribution >= 4 is 0 Å². The van der Waals surface area contributed by atoms with Crippen LogP contribution in [0.1, 0.15) is 41.0 Å². The zero-order chi connectivity index (χ0) is 9.07. The van der Waals surface area contributed by atoms with E-state index in [4.69, 9.17) is 0 Å². The Morgan fingerprint density at radius 3 is 2.18 bits per heavy atom. The lowest BCUT2D eigenvalue weighted by Crippen LogP contribution is -2.19. The molecule has 1 heteroatoms. The highest BCUT2D eigenvalue weighted by atomic mass is 19.1. The van der Waals surface area contributed by atoms with Crippen molar-refractivity contribution in [3.8, 4) is 0 Å². The first-order chi connectivity index (χ1) is 4.88. The molecule has 0 heterocycles. The van der Waals surface area contributed by atoms with Crippen LogP contribution >= 0.6 is 0 Å². The van der Waals surface area contributed by atoms with Crippen molar-refractivity contribution in [2.24, 2.45) is 5.41 Å². The molecular weight excluding hydrogens is 139 g/mol. The van der Waals surface area contributed by atoms with Gasteiger partial charge in [0.1, 0.15) is 6.17 Å². The first-order valence-electron chi connectivity index (χ1n) is 4.19. The highest BCUT2D eigenvalue weighted by Crippen LogP contribution is 2.24. The zero-order valence-electron chi connectivity index (χ0n) is 8.24. The fourth-order valence-electron chi connectivity index (χ4n) is 0.618.